The zero-order valence-corrected chi connectivity index (χ0v) is 41.3. The highest BCUT2D eigenvalue weighted by molar-refractivity contribution is 5.76. The van der Waals surface area contributed by atoms with Crippen LogP contribution >= 0.6 is 0 Å². The van der Waals surface area contributed by atoms with Gasteiger partial charge in [-0.1, -0.05) is 276 Å². The Morgan fingerprint density at radius 1 is 0.410 bits per heavy atom. The van der Waals surface area contributed by atoms with Crippen LogP contribution in [-0.2, 0) is 4.79 Å². The maximum absolute atomic E-state index is 12.5. The molecule has 0 aromatic rings. The highest BCUT2D eigenvalue weighted by Gasteiger charge is 2.20. The second-order valence-electron chi connectivity index (χ2n) is 19.2. The minimum absolute atomic E-state index is 0.0168. The van der Waals surface area contributed by atoms with Crippen LogP contribution in [0, 0.1) is 0 Å². The summed E-state index contributed by atoms with van der Waals surface area (Å²) in [4.78, 5) is 12.5. The third kappa shape index (κ3) is 48.1. The summed E-state index contributed by atoms with van der Waals surface area (Å²) in [5.41, 5.74) is 0. The van der Waals surface area contributed by atoms with Crippen molar-refractivity contribution < 1.29 is 20.1 Å². The number of carbonyl (C=O) groups is 1. The Labute approximate surface area is 382 Å². The Morgan fingerprint density at radius 2 is 0.689 bits per heavy atom. The Morgan fingerprint density at radius 3 is 1.00 bits per heavy atom. The smallest absolute Gasteiger partial charge is 0.222 e. The van der Waals surface area contributed by atoms with Gasteiger partial charge in [0.05, 0.1) is 31.3 Å². The van der Waals surface area contributed by atoms with Crippen molar-refractivity contribution in [3.63, 3.8) is 0 Å². The number of aliphatic hydroxyl groups is 3. The lowest BCUT2D eigenvalue weighted by molar-refractivity contribution is -0.124. The van der Waals surface area contributed by atoms with Gasteiger partial charge in [-0.25, -0.2) is 0 Å². The van der Waals surface area contributed by atoms with E-state index in [1.807, 2.05) is 6.08 Å². The molecule has 3 atom stereocenters. The number of nitrogens with one attached hydrogen (secondary N) is 1. The molecule has 1 amide bonds. The molecule has 0 spiro atoms. The van der Waals surface area contributed by atoms with E-state index in [1.54, 1.807) is 6.08 Å². The third-order valence-corrected chi connectivity index (χ3v) is 13.0. The summed E-state index contributed by atoms with van der Waals surface area (Å²) in [7, 11) is 0. The summed E-state index contributed by atoms with van der Waals surface area (Å²) in [5.74, 6) is -0.312. The van der Waals surface area contributed by atoms with E-state index in [2.05, 4.69) is 31.3 Å². The van der Waals surface area contributed by atoms with Crippen molar-refractivity contribution in [2.75, 3.05) is 6.61 Å². The average molecular weight is 860 g/mol. The van der Waals surface area contributed by atoms with Gasteiger partial charge in [0, 0.05) is 0 Å². The summed E-state index contributed by atoms with van der Waals surface area (Å²) in [5, 5.41) is 33.3. The number of hydrogen-bond acceptors (Lipinski definition) is 4. The molecule has 3 unspecified atom stereocenters. The first-order chi connectivity index (χ1) is 30.0. The molecule has 0 aromatic heterocycles. The molecule has 5 nitrogen and oxygen atoms in total. The van der Waals surface area contributed by atoms with Crippen molar-refractivity contribution in [2.24, 2.45) is 0 Å². The molecule has 0 aliphatic carbocycles. The molecule has 0 fully saturated rings. The van der Waals surface area contributed by atoms with E-state index in [0.717, 1.165) is 25.7 Å². The monoisotopic (exact) mass is 860 g/mol. The van der Waals surface area contributed by atoms with Gasteiger partial charge in [0.15, 0.2) is 0 Å². The zero-order chi connectivity index (χ0) is 44.4. The lowest BCUT2D eigenvalue weighted by Crippen LogP contribution is -2.45. The van der Waals surface area contributed by atoms with Crippen molar-refractivity contribution in [2.45, 2.75) is 321 Å². The van der Waals surface area contributed by atoms with Crippen LogP contribution in [0.1, 0.15) is 303 Å². The summed E-state index contributed by atoms with van der Waals surface area (Å²) in [6, 6.07) is -0.741. The number of rotatable bonds is 51. The van der Waals surface area contributed by atoms with Gasteiger partial charge in [-0.05, 0) is 44.9 Å². The highest BCUT2D eigenvalue weighted by Crippen LogP contribution is 2.17. The normalized spacial score (nSPS) is 13.5. The summed E-state index contributed by atoms with van der Waals surface area (Å²) in [6.45, 7) is 4.23. The van der Waals surface area contributed by atoms with Crippen LogP contribution in [-0.4, -0.2) is 46.1 Å². The molecule has 0 saturated carbocycles. The first kappa shape index (κ1) is 59.8. The number of aliphatic hydroxyl groups excluding tert-OH is 3. The van der Waals surface area contributed by atoms with Crippen molar-refractivity contribution in [1.29, 1.82) is 0 Å². The number of unbranched alkanes of at least 4 members (excludes halogenated alkanes) is 40. The molecule has 0 heterocycles. The van der Waals surface area contributed by atoms with Gasteiger partial charge in [0.1, 0.15) is 0 Å². The Bertz CT molecular complexity index is 905. The second-order valence-corrected chi connectivity index (χ2v) is 19.2. The van der Waals surface area contributed by atoms with Crippen LogP contribution < -0.4 is 5.32 Å². The molecule has 4 N–H and O–H groups in total. The van der Waals surface area contributed by atoms with Crippen LogP contribution in [0.3, 0.4) is 0 Å². The maximum Gasteiger partial charge on any atom is 0.222 e. The quantitative estimate of drug-likeness (QED) is 0.0362. The molecule has 0 saturated heterocycles. The zero-order valence-electron chi connectivity index (χ0n) is 41.3. The SMILES string of the molecule is CCCCCCCCCCCCC/C=C/C(O)C(CO)NC(=O)CC(O)CCCCCCCCCCCCCCCCC/C=C\CCCCCCCCCCCCCCCC. The molecule has 0 rings (SSSR count). The van der Waals surface area contributed by atoms with Crippen LogP contribution in [0.5, 0.6) is 0 Å². The molecule has 5 heteroatoms. The summed E-state index contributed by atoms with van der Waals surface area (Å²) >= 11 is 0. The fourth-order valence-electron chi connectivity index (χ4n) is 8.75. The Hall–Kier alpha value is -1.17. The van der Waals surface area contributed by atoms with E-state index >= 15 is 0 Å². The molecule has 0 aliphatic heterocycles. The largest absolute Gasteiger partial charge is 0.394 e. The van der Waals surface area contributed by atoms with Gasteiger partial charge in [-0.3, -0.25) is 4.79 Å². The summed E-state index contributed by atoms with van der Waals surface area (Å²) < 4.78 is 0. The Balaban J connectivity index is 3.48. The van der Waals surface area contributed by atoms with Gasteiger partial charge in [-0.15, -0.1) is 0 Å². The van der Waals surface area contributed by atoms with Crippen molar-refractivity contribution in [3.05, 3.63) is 24.3 Å². The summed E-state index contributed by atoms with van der Waals surface area (Å²) in [6.07, 6.45) is 65.2. The van der Waals surface area contributed by atoms with E-state index in [-0.39, 0.29) is 18.9 Å². The minimum Gasteiger partial charge on any atom is -0.394 e. The van der Waals surface area contributed by atoms with E-state index in [1.165, 1.54) is 250 Å². The number of hydrogen-bond donors (Lipinski definition) is 4. The molecule has 0 bridgehead atoms. The van der Waals surface area contributed by atoms with E-state index < -0.39 is 18.2 Å². The molecule has 362 valence electrons. The Kier molecular flexibility index (Phi) is 50.5. The van der Waals surface area contributed by atoms with Crippen molar-refractivity contribution in [1.82, 2.24) is 5.32 Å². The van der Waals surface area contributed by atoms with Gasteiger partial charge in [0.25, 0.3) is 0 Å². The van der Waals surface area contributed by atoms with Crippen LogP contribution in [0.15, 0.2) is 24.3 Å². The number of amides is 1. The van der Waals surface area contributed by atoms with E-state index in [9.17, 15) is 20.1 Å². The van der Waals surface area contributed by atoms with E-state index in [0.29, 0.717) is 6.42 Å². The molecular formula is C56H109NO4. The first-order valence-corrected chi connectivity index (χ1v) is 27.6. The van der Waals surface area contributed by atoms with Crippen molar-refractivity contribution >= 4 is 5.91 Å². The molecule has 0 radical (unpaired) electrons. The average Bonchev–Trinajstić information content (AvgIpc) is 3.25. The van der Waals surface area contributed by atoms with Gasteiger partial charge >= 0.3 is 0 Å². The fourth-order valence-corrected chi connectivity index (χ4v) is 8.75. The van der Waals surface area contributed by atoms with Crippen LogP contribution in [0.4, 0.5) is 0 Å². The van der Waals surface area contributed by atoms with Crippen molar-refractivity contribution in [3.8, 4) is 0 Å². The standard InChI is InChI=1S/C56H109NO4/c1-3-5-7-9-11-13-15-17-18-19-20-21-22-23-24-25-26-27-28-29-30-31-32-33-34-35-36-38-39-41-43-45-47-49-53(59)51-56(61)57-54(52-58)55(60)50-48-46-44-42-40-37-16-14-12-10-8-6-4-2/h25-26,48,50,53-55,58-60H,3-24,27-47,49,51-52H2,1-2H3,(H,57,61)/b26-25-,50-48+. The lowest BCUT2D eigenvalue weighted by Gasteiger charge is -2.21. The van der Waals surface area contributed by atoms with Gasteiger partial charge < -0.3 is 20.6 Å². The maximum atomic E-state index is 12.5. The molecule has 61 heavy (non-hydrogen) atoms. The fraction of sp³-hybridized carbons (Fsp3) is 0.911. The lowest BCUT2D eigenvalue weighted by atomic mass is 10.0. The minimum atomic E-state index is -0.926. The predicted molar refractivity (Wildman–Crippen MR) is 268 cm³/mol. The van der Waals surface area contributed by atoms with Crippen LogP contribution in [0.2, 0.25) is 0 Å². The molecule has 0 aromatic carbocycles. The number of carbonyl (C=O) groups excluding carboxylic acids is 1. The van der Waals surface area contributed by atoms with E-state index in [4.69, 9.17) is 0 Å². The highest BCUT2D eigenvalue weighted by atomic mass is 16.3. The predicted octanol–water partition coefficient (Wildman–Crippen LogP) is 16.9. The van der Waals surface area contributed by atoms with Gasteiger partial charge in [0.2, 0.25) is 5.91 Å². The number of allylic oxidation sites excluding steroid dienone is 3. The molecular weight excluding hydrogens is 751 g/mol. The van der Waals surface area contributed by atoms with Crippen LogP contribution in [0.25, 0.3) is 0 Å². The third-order valence-electron chi connectivity index (χ3n) is 13.0. The molecule has 0 aliphatic rings. The second kappa shape index (κ2) is 51.5. The topological polar surface area (TPSA) is 89.8 Å². The first-order valence-electron chi connectivity index (χ1n) is 27.6. The van der Waals surface area contributed by atoms with Gasteiger partial charge in [-0.2, -0.15) is 0 Å².